The Balaban J connectivity index is 1.37. The second kappa shape index (κ2) is 10.1. The Labute approximate surface area is 198 Å². The molecule has 0 unspecified atom stereocenters. The topological polar surface area (TPSA) is 75.3 Å². The van der Waals surface area contributed by atoms with Crippen molar-refractivity contribution in [1.29, 1.82) is 0 Å². The van der Waals surface area contributed by atoms with Gasteiger partial charge in [0.1, 0.15) is 0 Å². The Morgan fingerprint density at radius 3 is 2.33 bits per heavy atom. The maximum atomic E-state index is 12.9. The summed E-state index contributed by atoms with van der Waals surface area (Å²) in [5, 5.41) is 4.60. The predicted molar refractivity (Wildman–Crippen MR) is 137 cm³/mol. The number of amides is 1. The molecule has 0 saturated carbocycles. The summed E-state index contributed by atoms with van der Waals surface area (Å²) < 4.78 is 28.4. The van der Waals surface area contributed by atoms with Crippen LogP contribution in [0.3, 0.4) is 0 Å². The first-order chi connectivity index (χ1) is 15.9. The van der Waals surface area contributed by atoms with Crippen LogP contribution in [0.15, 0.2) is 95.9 Å². The summed E-state index contributed by atoms with van der Waals surface area (Å²) in [4.78, 5) is 12.4. The molecule has 0 heterocycles. The van der Waals surface area contributed by atoms with E-state index in [9.17, 15) is 13.2 Å². The van der Waals surface area contributed by atoms with Gasteiger partial charge < -0.3 is 5.32 Å². The third-order valence-electron chi connectivity index (χ3n) is 5.23. The smallest absolute Gasteiger partial charge is 0.261 e. The van der Waals surface area contributed by atoms with Crippen molar-refractivity contribution in [3.05, 3.63) is 102 Å². The van der Waals surface area contributed by atoms with E-state index in [1.165, 1.54) is 35.0 Å². The van der Waals surface area contributed by atoms with E-state index in [-0.39, 0.29) is 10.8 Å². The first-order valence-corrected chi connectivity index (χ1v) is 13.1. The number of anilines is 2. The van der Waals surface area contributed by atoms with E-state index < -0.39 is 10.0 Å². The van der Waals surface area contributed by atoms with Crippen molar-refractivity contribution < 1.29 is 13.2 Å². The van der Waals surface area contributed by atoms with Gasteiger partial charge in [-0.3, -0.25) is 9.52 Å². The van der Waals surface area contributed by atoms with Crippen molar-refractivity contribution in [2.75, 3.05) is 15.8 Å². The number of fused-ring (bicyclic) bond motifs is 1. The molecule has 0 aromatic heterocycles. The van der Waals surface area contributed by atoms with E-state index in [0.717, 1.165) is 16.5 Å². The molecule has 0 saturated heterocycles. The number of hydrogen-bond acceptors (Lipinski definition) is 4. The Hall–Kier alpha value is -3.29. The number of sulfonamides is 1. The van der Waals surface area contributed by atoms with Crippen molar-refractivity contribution in [1.82, 2.24) is 0 Å². The van der Waals surface area contributed by atoms with Gasteiger partial charge in [0.05, 0.1) is 16.3 Å². The largest absolute Gasteiger partial charge is 0.325 e. The van der Waals surface area contributed by atoms with E-state index in [4.69, 9.17) is 0 Å². The standard InChI is InChI=1S/C26H24N2O3S2/c1-19-7-2-3-9-21(19)17-32-18-26(29)27-22-13-15-23(16-14-22)33(30,31)28-25-12-6-10-20-8-4-5-11-24(20)25/h2-16,28H,17-18H2,1H3,(H,27,29). The fourth-order valence-corrected chi connectivity index (χ4v) is 5.44. The van der Waals surface area contributed by atoms with Crippen molar-refractivity contribution in [2.45, 2.75) is 17.6 Å². The molecule has 4 aromatic carbocycles. The van der Waals surface area contributed by atoms with E-state index >= 15 is 0 Å². The predicted octanol–water partition coefficient (Wildman–Crippen LogP) is 5.82. The number of rotatable bonds is 8. The Bertz CT molecular complexity index is 1380. The van der Waals surface area contributed by atoms with Crippen LogP contribution >= 0.6 is 11.8 Å². The SMILES string of the molecule is Cc1ccccc1CSCC(=O)Nc1ccc(S(=O)(=O)Nc2cccc3ccccc23)cc1. The molecule has 2 N–H and O–H groups in total. The number of thioether (sulfide) groups is 1. The normalized spacial score (nSPS) is 11.3. The molecular weight excluding hydrogens is 452 g/mol. The zero-order valence-corrected chi connectivity index (χ0v) is 19.7. The van der Waals surface area contributed by atoms with Gasteiger partial charge >= 0.3 is 0 Å². The van der Waals surface area contributed by atoms with Crippen LogP contribution in [0.1, 0.15) is 11.1 Å². The summed E-state index contributed by atoms with van der Waals surface area (Å²) in [5.74, 6) is 0.951. The molecule has 5 nitrogen and oxygen atoms in total. The number of aryl methyl sites for hydroxylation is 1. The van der Waals surface area contributed by atoms with Crippen LogP contribution in [0.5, 0.6) is 0 Å². The minimum absolute atomic E-state index is 0.127. The molecule has 1 amide bonds. The second-order valence-electron chi connectivity index (χ2n) is 7.62. The zero-order chi connectivity index (χ0) is 23.3. The average molecular weight is 477 g/mol. The highest BCUT2D eigenvalue weighted by atomic mass is 32.2. The lowest BCUT2D eigenvalue weighted by Gasteiger charge is -2.11. The Kier molecular flexibility index (Phi) is 7.01. The van der Waals surface area contributed by atoms with E-state index in [2.05, 4.69) is 29.1 Å². The van der Waals surface area contributed by atoms with Gasteiger partial charge in [0.25, 0.3) is 10.0 Å². The molecule has 0 aliphatic heterocycles. The number of nitrogens with one attached hydrogen (secondary N) is 2. The summed E-state index contributed by atoms with van der Waals surface area (Å²) in [6.07, 6.45) is 0. The van der Waals surface area contributed by atoms with Gasteiger partial charge in [-0.05, 0) is 53.8 Å². The molecule has 0 aliphatic rings. The van der Waals surface area contributed by atoms with Crippen molar-refractivity contribution in [3.63, 3.8) is 0 Å². The summed E-state index contributed by atoms with van der Waals surface area (Å²) in [6.45, 7) is 2.06. The summed E-state index contributed by atoms with van der Waals surface area (Å²) >= 11 is 1.54. The van der Waals surface area contributed by atoms with Gasteiger partial charge in [0.2, 0.25) is 5.91 Å². The second-order valence-corrected chi connectivity index (χ2v) is 10.3. The number of hydrogen-bond donors (Lipinski definition) is 2. The highest BCUT2D eigenvalue weighted by Gasteiger charge is 2.16. The van der Waals surface area contributed by atoms with Crippen molar-refractivity contribution >= 4 is 49.8 Å². The molecule has 0 spiro atoms. The molecule has 0 bridgehead atoms. The number of carbonyl (C=O) groups is 1. The van der Waals surface area contributed by atoms with Crippen LogP contribution in [0.2, 0.25) is 0 Å². The van der Waals surface area contributed by atoms with Crippen molar-refractivity contribution in [2.24, 2.45) is 0 Å². The molecule has 7 heteroatoms. The molecule has 168 valence electrons. The molecule has 33 heavy (non-hydrogen) atoms. The summed E-state index contributed by atoms with van der Waals surface area (Å²) in [6, 6.07) is 27.4. The van der Waals surface area contributed by atoms with Crippen molar-refractivity contribution in [3.8, 4) is 0 Å². The first-order valence-electron chi connectivity index (χ1n) is 10.5. The van der Waals surface area contributed by atoms with E-state index in [1.807, 2.05) is 48.5 Å². The van der Waals surface area contributed by atoms with Crippen LogP contribution < -0.4 is 10.0 Å². The average Bonchev–Trinajstić information content (AvgIpc) is 2.81. The third-order valence-corrected chi connectivity index (χ3v) is 7.60. The summed E-state index contributed by atoms with van der Waals surface area (Å²) in [7, 11) is -3.77. The molecule has 0 atom stereocenters. The van der Waals surface area contributed by atoms with Crippen LogP contribution in [0.4, 0.5) is 11.4 Å². The van der Waals surface area contributed by atoms with Gasteiger partial charge in [-0.2, -0.15) is 0 Å². The molecule has 4 aromatic rings. The lowest BCUT2D eigenvalue weighted by atomic mass is 10.1. The fourth-order valence-electron chi connectivity index (χ4n) is 3.46. The van der Waals surface area contributed by atoms with Gasteiger partial charge in [-0.25, -0.2) is 8.42 Å². The quantitative estimate of drug-likeness (QED) is 0.336. The lowest BCUT2D eigenvalue weighted by Crippen LogP contribution is -2.15. The van der Waals surface area contributed by atoms with E-state index in [0.29, 0.717) is 17.1 Å². The highest BCUT2D eigenvalue weighted by molar-refractivity contribution is 7.99. The van der Waals surface area contributed by atoms with Gasteiger partial charge in [-0.1, -0.05) is 60.7 Å². The molecular formula is C26H24N2O3S2. The molecule has 4 rings (SSSR count). The fraction of sp³-hybridized carbons (Fsp3) is 0.115. The number of carbonyl (C=O) groups excluding carboxylic acids is 1. The van der Waals surface area contributed by atoms with Crippen LogP contribution in [0.25, 0.3) is 10.8 Å². The summed E-state index contributed by atoms with van der Waals surface area (Å²) in [5.41, 5.74) is 3.50. The number of benzene rings is 4. The minimum Gasteiger partial charge on any atom is -0.325 e. The highest BCUT2D eigenvalue weighted by Crippen LogP contribution is 2.26. The Morgan fingerprint density at radius 2 is 1.55 bits per heavy atom. The monoisotopic (exact) mass is 476 g/mol. The minimum atomic E-state index is -3.77. The molecule has 0 radical (unpaired) electrons. The van der Waals surface area contributed by atoms with Gasteiger partial charge in [-0.15, -0.1) is 11.8 Å². The Morgan fingerprint density at radius 1 is 0.848 bits per heavy atom. The maximum absolute atomic E-state index is 12.9. The zero-order valence-electron chi connectivity index (χ0n) is 18.1. The van der Waals surface area contributed by atoms with E-state index in [1.54, 1.807) is 18.2 Å². The molecule has 0 aliphatic carbocycles. The maximum Gasteiger partial charge on any atom is 0.261 e. The van der Waals surface area contributed by atoms with Crippen LogP contribution in [0, 0.1) is 6.92 Å². The van der Waals surface area contributed by atoms with Gasteiger partial charge in [0.15, 0.2) is 0 Å². The van der Waals surface area contributed by atoms with Crippen LogP contribution in [-0.4, -0.2) is 20.1 Å². The third kappa shape index (κ3) is 5.74. The lowest BCUT2D eigenvalue weighted by molar-refractivity contribution is -0.113. The first kappa shape index (κ1) is 22.9. The molecule has 0 fully saturated rings. The van der Waals surface area contributed by atoms with Crippen LogP contribution in [-0.2, 0) is 20.6 Å². The van der Waals surface area contributed by atoms with Gasteiger partial charge in [0, 0.05) is 16.8 Å².